The van der Waals surface area contributed by atoms with Crippen LogP contribution < -0.4 is 10.5 Å². The lowest BCUT2D eigenvalue weighted by Gasteiger charge is -2.05. The number of sulfonamides is 1. The molecule has 0 saturated heterocycles. The highest BCUT2D eigenvalue weighted by Gasteiger charge is 2.46. The van der Waals surface area contributed by atoms with Crippen molar-refractivity contribution >= 4 is 27.3 Å². The molecule has 5 nitrogen and oxygen atoms in total. The Kier molecular flexibility index (Phi) is 3.25. The molecule has 1 unspecified atom stereocenters. The van der Waals surface area contributed by atoms with E-state index in [1.54, 1.807) is 6.07 Å². The van der Waals surface area contributed by atoms with Crippen molar-refractivity contribution in [2.24, 2.45) is 10.6 Å². The van der Waals surface area contributed by atoms with Gasteiger partial charge in [0.1, 0.15) is 4.21 Å². The van der Waals surface area contributed by atoms with Gasteiger partial charge in [0, 0.05) is 10.9 Å². The van der Waals surface area contributed by atoms with Crippen LogP contribution in [0.5, 0.6) is 0 Å². The molecular formula is C11H16N2O3S2. The van der Waals surface area contributed by atoms with Crippen LogP contribution in [-0.2, 0) is 21.2 Å². The van der Waals surface area contributed by atoms with E-state index in [9.17, 15) is 13.2 Å². The van der Waals surface area contributed by atoms with Crippen molar-refractivity contribution in [3.8, 4) is 0 Å². The SMILES string of the molecule is CC1(C)CC1NC(=O)Cc1ccc(S(N)(=O)=O)s1. The number of rotatable bonds is 4. The van der Waals surface area contributed by atoms with Gasteiger partial charge in [0.15, 0.2) is 0 Å². The summed E-state index contributed by atoms with van der Waals surface area (Å²) in [5, 5.41) is 7.94. The number of hydrogen-bond acceptors (Lipinski definition) is 4. The van der Waals surface area contributed by atoms with Crippen LogP contribution in [0.15, 0.2) is 16.3 Å². The molecule has 1 amide bonds. The Morgan fingerprint density at radius 2 is 2.17 bits per heavy atom. The van der Waals surface area contributed by atoms with E-state index in [1.165, 1.54) is 6.07 Å². The molecule has 0 spiro atoms. The molecule has 1 aliphatic rings. The quantitative estimate of drug-likeness (QED) is 0.861. The third-order valence-corrected chi connectivity index (χ3v) is 5.62. The van der Waals surface area contributed by atoms with Gasteiger partial charge in [0.2, 0.25) is 15.9 Å². The van der Waals surface area contributed by atoms with Crippen molar-refractivity contribution < 1.29 is 13.2 Å². The van der Waals surface area contributed by atoms with E-state index in [1.807, 2.05) is 0 Å². The molecule has 0 aliphatic heterocycles. The van der Waals surface area contributed by atoms with Crippen LogP contribution in [0, 0.1) is 5.41 Å². The minimum Gasteiger partial charge on any atom is -0.352 e. The number of amides is 1. The van der Waals surface area contributed by atoms with Crippen LogP contribution in [0.1, 0.15) is 25.1 Å². The Labute approximate surface area is 110 Å². The predicted molar refractivity (Wildman–Crippen MR) is 69.7 cm³/mol. The summed E-state index contributed by atoms with van der Waals surface area (Å²) in [7, 11) is -3.66. The highest BCUT2D eigenvalue weighted by Crippen LogP contribution is 2.44. The molecule has 1 aromatic rings. The molecule has 100 valence electrons. The maximum Gasteiger partial charge on any atom is 0.247 e. The molecule has 1 aliphatic carbocycles. The second kappa shape index (κ2) is 4.32. The Morgan fingerprint density at radius 1 is 1.56 bits per heavy atom. The van der Waals surface area contributed by atoms with Crippen molar-refractivity contribution in [2.75, 3.05) is 0 Å². The first-order chi connectivity index (χ1) is 8.18. The van der Waals surface area contributed by atoms with Crippen molar-refractivity contribution in [3.05, 3.63) is 17.0 Å². The maximum absolute atomic E-state index is 11.7. The van der Waals surface area contributed by atoms with Crippen LogP contribution in [0.4, 0.5) is 0 Å². The maximum atomic E-state index is 11.7. The standard InChI is InChI=1S/C11H16N2O3S2/c1-11(2)6-8(11)13-9(14)5-7-3-4-10(17-7)18(12,15)16/h3-4,8H,5-6H2,1-2H3,(H,13,14)(H2,12,15,16). The molecule has 1 aromatic heterocycles. The minimum absolute atomic E-state index is 0.0756. The lowest BCUT2D eigenvalue weighted by molar-refractivity contribution is -0.120. The van der Waals surface area contributed by atoms with Gasteiger partial charge in [-0.3, -0.25) is 4.79 Å². The van der Waals surface area contributed by atoms with Gasteiger partial charge in [0.05, 0.1) is 6.42 Å². The summed E-state index contributed by atoms with van der Waals surface area (Å²) in [4.78, 5) is 12.4. The van der Waals surface area contributed by atoms with Gasteiger partial charge in [0.25, 0.3) is 0 Å². The molecule has 18 heavy (non-hydrogen) atoms. The Bertz CT molecular complexity index is 575. The fourth-order valence-corrected chi connectivity index (χ4v) is 3.50. The topological polar surface area (TPSA) is 89.3 Å². The van der Waals surface area contributed by atoms with Crippen LogP contribution in [0.25, 0.3) is 0 Å². The zero-order valence-electron chi connectivity index (χ0n) is 10.3. The number of primary sulfonamides is 1. The van der Waals surface area contributed by atoms with E-state index in [-0.39, 0.29) is 28.0 Å². The zero-order chi connectivity index (χ0) is 13.6. The van der Waals surface area contributed by atoms with E-state index in [0.29, 0.717) is 4.88 Å². The highest BCUT2D eigenvalue weighted by molar-refractivity contribution is 7.91. The van der Waals surface area contributed by atoms with Crippen molar-refractivity contribution in [2.45, 2.75) is 36.9 Å². The summed E-state index contributed by atoms with van der Waals surface area (Å²) in [6, 6.07) is 3.30. The van der Waals surface area contributed by atoms with Gasteiger partial charge in [-0.2, -0.15) is 0 Å². The number of nitrogens with one attached hydrogen (secondary N) is 1. The average Bonchev–Trinajstić information content (AvgIpc) is 2.62. The van der Waals surface area contributed by atoms with E-state index < -0.39 is 10.0 Å². The summed E-state index contributed by atoms with van der Waals surface area (Å²) in [5.41, 5.74) is 0.191. The second-order valence-electron chi connectivity index (χ2n) is 5.26. The van der Waals surface area contributed by atoms with Gasteiger partial charge < -0.3 is 5.32 Å². The third kappa shape index (κ3) is 3.09. The fourth-order valence-electron chi connectivity index (χ4n) is 1.72. The van der Waals surface area contributed by atoms with Crippen molar-refractivity contribution in [1.82, 2.24) is 5.32 Å². The summed E-state index contributed by atoms with van der Waals surface area (Å²) in [6.45, 7) is 4.20. The monoisotopic (exact) mass is 288 g/mol. The Hall–Kier alpha value is -0.920. The second-order valence-corrected chi connectivity index (χ2v) is 8.21. The number of nitrogens with two attached hydrogens (primary N) is 1. The van der Waals surface area contributed by atoms with Crippen LogP contribution >= 0.6 is 11.3 Å². The van der Waals surface area contributed by atoms with E-state index in [0.717, 1.165) is 17.8 Å². The Balaban J connectivity index is 1.94. The number of carbonyl (C=O) groups is 1. The molecule has 1 saturated carbocycles. The largest absolute Gasteiger partial charge is 0.352 e. The molecule has 7 heteroatoms. The van der Waals surface area contributed by atoms with E-state index in [2.05, 4.69) is 19.2 Å². The summed E-state index contributed by atoms with van der Waals surface area (Å²) < 4.78 is 22.3. The van der Waals surface area contributed by atoms with Crippen LogP contribution in [-0.4, -0.2) is 20.4 Å². The molecule has 0 bridgehead atoms. The predicted octanol–water partition coefficient (Wildman–Crippen LogP) is 0.853. The lowest BCUT2D eigenvalue weighted by atomic mass is 10.2. The first-order valence-electron chi connectivity index (χ1n) is 5.59. The molecule has 0 aromatic carbocycles. The molecule has 0 radical (unpaired) electrons. The number of thiophene rings is 1. The van der Waals surface area contributed by atoms with Gasteiger partial charge in [-0.1, -0.05) is 13.8 Å². The normalized spacial score (nSPS) is 21.6. The van der Waals surface area contributed by atoms with E-state index >= 15 is 0 Å². The minimum atomic E-state index is -3.66. The summed E-state index contributed by atoms with van der Waals surface area (Å²) >= 11 is 1.04. The summed E-state index contributed by atoms with van der Waals surface area (Å²) in [6.07, 6.45) is 1.19. The zero-order valence-corrected chi connectivity index (χ0v) is 11.9. The first-order valence-corrected chi connectivity index (χ1v) is 7.96. The van der Waals surface area contributed by atoms with Gasteiger partial charge >= 0.3 is 0 Å². The van der Waals surface area contributed by atoms with Gasteiger partial charge in [-0.05, 0) is 24.0 Å². The van der Waals surface area contributed by atoms with Gasteiger partial charge in [-0.25, -0.2) is 13.6 Å². The van der Waals surface area contributed by atoms with Crippen LogP contribution in [0.3, 0.4) is 0 Å². The fraction of sp³-hybridized carbons (Fsp3) is 0.545. The molecule has 3 N–H and O–H groups in total. The molecular weight excluding hydrogens is 272 g/mol. The van der Waals surface area contributed by atoms with Crippen molar-refractivity contribution in [3.63, 3.8) is 0 Å². The van der Waals surface area contributed by atoms with Crippen molar-refractivity contribution in [1.29, 1.82) is 0 Å². The third-order valence-electron chi connectivity index (χ3n) is 3.10. The molecule has 2 rings (SSSR count). The smallest absolute Gasteiger partial charge is 0.247 e. The molecule has 1 heterocycles. The Morgan fingerprint density at radius 3 is 2.61 bits per heavy atom. The number of carbonyl (C=O) groups excluding carboxylic acids is 1. The number of hydrogen-bond donors (Lipinski definition) is 2. The first kappa shape index (κ1) is 13.5. The molecule has 1 fully saturated rings. The van der Waals surface area contributed by atoms with Gasteiger partial charge in [-0.15, -0.1) is 11.3 Å². The molecule has 1 atom stereocenters. The van der Waals surface area contributed by atoms with E-state index in [4.69, 9.17) is 5.14 Å². The highest BCUT2D eigenvalue weighted by atomic mass is 32.2. The van der Waals surface area contributed by atoms with Crippen LogP contribution in [0.2, 0.25) is 0 Å². The lowest BCUT2D eigenvalue weighted by Crippen LogP contribution is -2.29. The average molecular weight is 288 g/mol. The summed E-state index contributed by atoms with van der Waals surface area (Å²) in [5.74, 6) is -0.0756.